The smallest absolute Gasteiger partial charge is 0.251 e. The fourth-order valence-electron chi connectivity index (χ4n) is 1.84. The van der Waals surface area contributed by atoms with Crippen molar-refractivity contribution in [1.29, 1.82) is 0 Å². The van der Waals surface area contributed by atoms with Crippen LogP contribution in [0, 0.1) is 6.92 Å². The van der Waals surface area contributed by atoms with Crippen LogP contribution in [0.25, 0.3) is 0 Å². The number of H-pyrrole nitrogens is 1. The molecule has 1 aromatic heterocycles. The third-order valence-corrected chi connectivity index (χ3v) is 2.94. The molecule has 2 rings (SSSR count). The molecule has 0 fully saturated rings. The summed E-state index contributed by atoms with van der Waals surface area (Å²) >= 11 is 0. The topological polar surface area (TPSA) is 82.7 Å². The van der Waals surface area contributed by atoms with E-state index in [0.29, 0.717) is 17.9 Å². The van der Waals surface area contributed by atoms with Gasteiger partial charge in [-0.25, -0.2) is 4.98 Å². The number of carbonyl (C=O) groups excluding carboxylic acids is 1. The van der Waals surface area contributed by atoms with Gasteiger partial charge in [0.15, 0.2) is 0 Å². The normalized spacial score (nSPS) is 10.3. The maximum atomic E-state index is 12.0. The largest absolute Gasteiger partial charge is 0.385 e. The number of rotatable bonds is 6. The van der Waals surface area contributed by atoms with Gasteiger partial charge in [-0.2, -0.15) is 5.10 Å². The molecule has 3 N–H and O–H groups in total. The molecular formula is C14H19N5O. The molecule has 0 atom stereocenters. The second-order valence-electron chi connectivity index (χ2n) is 4.57. The number of nitrogens with zero attached hydrogens (tertiary/aromatic N) is 2. The highest BCUT2D eigenvalue weighted by Crippen LogP contribution is 2.16. The van der Waals surface area contributed by atoms with Crippen molar-refractivity contribution >= 4 is 11.6 Å². The van der Waals surface area contributed by atoms with Crippen LogP contribution in [0.2, 0.25) is 0 Å². The summed E-state index contributed by atoms with van der Waals surface area (Å²) < 4.78 is 0. The molecule has 0 saturated heterocycles. The van der Waals surface area contributed by atoms with Gasteiger partial charge in [0.05, 0.1) is 6.54 Å². The first-order valence-electron chi connectivity index (χ1n) is 6.67. The number of hydrogen-bond acceptors (Lipinski definition) is 4. The number of carbonyl (C=O) groups is 1. The van der Waals surface area contributed by atoms with E-state index in [0.717, 1.165) is 24.2 Å². The molecule has 0 bridgehead atoms. The van der Waals surface area contributed by atoms with Gasteiger partial charge in [0.1, 0.15) is 12.2 Å². The Morgan fingerprint density at radius 2 is 2.25 bits per heavy atom. The predicted octanol–water partition coefficient (Wildman–Crippen LogP) is 1.87. The maximum Gasteiger partial charge on any atom is 0.251 e. The number of aryl methyl sites for hydroxylation is 1. The second-order valence-corrected chi connectivity index (χ2v) is 4.57. The first-order chi connectivity index (χ1) is 9.70. The van der Waals surface area contributed by atoms with Gasteiger partial charge in [-0.1, -0.05) is 6.92 Å². The fourth-order valence-corrected chi connectivity index (χ4v) is 1.84. The zero-order valence-corrected chi connectivity index (χ0v) is 11.7. The summed E-state index contributed by atoms with van der Waals surface area (Å²) in [5.74, 6) is 0.517. The Kier molecular flexibility index (Phi) is 4.70. The zero-order chi connectivity index (χ0) is 14.4. The molecule has 0 radical (unpaired) electrons. The van der Waals surface area contributed by atoms with E-state index < -0.39 is 0 Å². The molecule has 0 aliphatic carbocycles. The highest BCUT2D eigenvalue weighted by atomic mass is 16.1. The maximum absolute atomic E-state index is 12.0. The average Bonchev–Trinajstić information content (AvgIpc) is 2.96. The molecule has 0 saturated carbocycles. The van der Waals surface area contributed by atoms with Gasteiger partial charge in [0.25, 0.3) is 5.91 Å². The minimum Gasteiger partial charge on any atom is -0.385 e. The number of nitrogens with one attached hydrogen (secondary N) is 3. The highest BCUT2D eigenvalue weighted by molar-refractivity contribution is 5.94. The molecule has 0 spiro atoms. The van der Waals surface area contributed by atoms with Crippen LogP contribution in [0.1, 0.15) is 35.1 Å². The number of benzene rings is 1. The zero-order valence-electron chi connectivity index (χ0n) is 11.7. The van der Waals surface area contributed by atoms with Crippen molar-refractivity contribution in [2.75, 3.05) is 11.9 Å². The minimum absolute atomic E-state index is 0.119. The van der Waals surface area contributed by atoms with Gasteiger partial charge in [-0.3, -0.25) is 9.89 Å². The molecule has 1 aromatic carbocycles. The van der Waals surface area contributed by atoms with Crippen LogP contribution in [0.4, 0.5) is 5.69 Å². The van der Waals surface area contributed by atoms with Gasteiger partial charge in [-0.05, 0) is 37.1 Å². The van der Waals surface area contributed by atoms with Gasteiger partial charge < -0.3 is 10.6 Å². The van der Waals surface area contributed by atoms with Crippen LogP contribution in [0.3, 0.4) is 0 Å². The molecule has 20 heavy (non-hydrogen) atoms. The molecule has 0 aliphatic rings. The number of anilines is 1. The fraction of sp³-hybridized carbons (Fsp3) is 0.357. The number of hydrogen-bond donors (Lipinski definition) is 3. The van der Waals surface area contributed by atoms with Crippen molar-refractivity contribution in [1.82, 2.24) is 20.5 Å². The van der Waals surface area contributed by atoms with Gasteiger partial charge in [0.2, 0.25) is 0 Å². The quantitative estimate of drug-likeness (QED) is 0.750. The van der Waals surface area contributed by atoms with Crippen LogP contribution in [0.5, 0.6) is 0 Å². The van der Waals surface area contributed by atoms with Gasteiger partial charge >= 0.3 is 0 Å². The predicted molar refractivity (Wildman–Crippen MR) is 77.5 cm³/mol. The summed E-state index contributed by atoms with van der Waals surface area (Å²) in [5, 5.41) is 12.6. The lowest BCUT2D eigenvalue weighted by molar-refractivity contribution is 0.0950. The van der Waals surface area contributed by atoms with Crippen molar-refractivity contribution in [3.8, 4) is 0 Å². The van der Waals surface area contributed by atoms with E-state index in [2.05, 4.69) is 32.7 Å². The van der Waals surface area contributed by atoms with Gasteiger partial charge in [0, 0.05) is 17.8 Å². The Morgan fingerprint density at radius 3 is 2.90 bits per heavy atom. The monoisotopic (exact) mass is 273 g/mol. The second kappa shape index (κ2) is 6.70. The summed E-state index contributed by atoms with van der Waals surface area (Å²) in [6.07, 6.45) is 2.48. The van der Waals surface area contributed by atoms with E-state index in [4.69, 9.17) is 0 Å². The molecule has 1 amide bonds. The Bertz CT molecular complexity index is 565. The molecule has 1 heterocycles. The van der Waals surface area contributed by atoms with Crippen molar-refractivity contribution in [3.05, 3.63) is 41.5 Å². The lowest BCUT2D eigenvalue weighted by Gasteiger charge is -2.10. The number of amides is 1. The van der Waals surface area contributed by atoms with Crippen LogP contribution in [0.15, 0.2) is 24.5 Å². The molecule has 2 aromatic rings. The Hall–Kier alpha value is -2.37. The first-order valence-corrected chi connectivity index (χ1v) is 6.67. The van der Waals surface area contributed by atoms with Crippen LogP contribution in [-0.4, -0.2) is 27.6 Å². The van der Waals surface area contributed by atoms with E-state index in [-0.39, 0.29) is 5.91 Å². The lowest BCUT2D eigenvalue weighted by Crippen LogP contribution is -2.23. The summed E-state index contributed by atoms with van der Waals surface area (Å²) in [7, 11) is 0. The van der Waals surface area contributed by atoms with E-state index >= 15 is 0 Å². The van der Waals surface area contributed by atoms with E-state index in [9.17, 15) is 4.79 Å². The highest BCUT2D eigenvalue weighted by Gasteiger charge is 2.08. The van der Waals surface area contributed by atoms with Gasteiger partial charge in [-0.15, -0.1) is 0 Å². The van der Waals surface area contributed by atoms with Crippen molar-refractivity contribution in [2.24, 2.45) is 0 Å². The van der Waals surface area contributed by atoms with E-state index in [1.807, 2.05) is 25.1 Å². The standard InChI is InChI=1S/C14H19N5O/c1-3-6-15-12-5-4-11(7-10(12)2)14(20)16-8-13-17-9-18-19-13/h4-5,7,9,15H,3,6,8H2,1-2H3,(H,16,20)(H,17,18,19). The van der Waals surface area contributed by atoms with Crippen LogP contribution in [-0.2, 0) is 6.54 Å². The van der Waals surface area contributed by atoms with Crippen molar-refractivity contribution in [3.63, 3.8) is 0 Å². The molecule has 0 unspecified atom stereocenters. The Labute approximate surface area is 118 Å². The van der Waals surface area contributed by atoms with Crippen molar-refractivity contribution in [2.45, 2.75) is 26.8 Å². The Morgan fingerprint density at radius 1 is 1.40 bits per heavy atom. The number of aromatic amines is 1. The van der Waals surface area contributed by atoms with Crippen molar-refractivity contribution < 1.29 is 4.79 Å². The van der Waals surface area contributed by atoms with Crippen LogP contribution < -0.4 is 10.6 Å². The third-order valence-electron chi connectivity index (χ3n) is 2.94. The lowest BCUT2D eigenvalue weighted by atomic mass is 10.1. The third kappa shape index (κ3) is 3.57. The van der Waals surface area contributed by atoms with E-state index in [1.165, 1.54) is 6.33 Å². The SMILES string of the molecule is CCCNc1ccc(C(=O)NCc2ncn[nH]2)cc1C. The summed E-state index contributed by atoms with van der Waals surface area (Å²) in [5.41, 5.74) is 2.77. The molecule has 0 aliphatic heterocycles. The minimum atomic E-state index is -0.119. The molecule has 6 heteroatoms. The van der Waals surface area contributed by atoms with E-state index in [1.54, 1.807) is 0 Å². The summed E-state index contributed by atoms with van der Waals surface area (Å²) in [6.45, 7) is 5.38. The molecular weight excluding hydrogens is 254 g/mol. The van der Waals surface area contributed by atoms with Crippen LogP contribution >= 0.6 is 0 Å². The summed E-state index contributed by atoms with van der Waals surface area (Å²) in [6, 6.07) is 5.64. The summed E-state index contributed by atoms with van der Waals surface area (Å²) in [4.78, 5) is 16.0. The Balaban J connectivity index is 1.97. The first kappa shape index (κ1) is 14.0. The molecule has 106 valence electrons. The average molecular weight is 273 g/mol. The molecule has 6 nitrogen and oxygen atoms in total. The number of aromatic nitrogens is 3.